The molecule has 0 rings (SSSR count). The second-order valence-electron chi connectivity index (χ2n) is 22.7. The van der Waals surface area contributed by atoms with Gasteiger partial charge in [0.25, 0.3) is 0 Å². The minimum atomic E-state index is -0.664. The van der Waals surface area contributed by atoms with E-state index in [1.165, 1.54) is 283 Å². The summed E-state index contributed by atoms with van der Waals surface area (Å²) in [5, 5.41) is 2.64. The van der Waals surface area contributed by atoms with Crippen LogP contribution in [-0.2, 0) is 18.9 Å². The standard InChI is InChI=1S/C65H124O4S4.H3P/c1-5-9-13-17-21-25-29-33-37-41-45-49-53-61(70)66-57-65(58-67-62(71)54-50-46-42-38-34-30-26-22-18-14-10-6-2,59-68-63(72)55-51-47-43-39-35-31-27-23-19-15-11-7-3)60-69-64(73)56-52-48-44-40-36-32-28-24-20-16-12-8-4;/h5-60H2,1-4H3;1H3. The minimum Gasteiger partial charge on any atom is -0.486 e. The monoisotopic (exact) mass is 1130 g/mol. The second-order valence-corrected chi connectivity index (χ2v) is 24.5. The summed E-state index contributed by atoms with van der Waals surface area (Å²) in [4.78, 5) is 0. The van der Waals surface area contributed by atoms with Crippen molar-refractivity contribution in [3.8, 4) is 0 Å². The van der Waals surface area contributed by atoms with E-state index < -0.39 is 5.41 Å². The lowest BCUT2D eigenvalue weighted by atomic mass is 9.92. The van der Waals surface area contributed by atoms with Crippen molar-refractivity contribution >= 4 is 79.0 Å². The van der Waals surface area contributed by atoms with Gasteiger partial charge in [0.15, 0.2) is 20.2 Å². The van der Waals surface area contributed by atoms with E-state index in [1.807, 2.05) is 0 Å². The van der Waals surface area contributed by atoms with Crippen LogP contribution in [0, 0.1) is 5.41 Å². The lowest BCUT2D eigenvalue weighted by molar-refractivity contribution is -0.0163. The molecule has 1 unspecified atom stereocenters. The van der Waals surface area contributed by atoms with E-state index in [0.717, 1.165) is 51.4 Å². The highest BCUT2D eigenvalue weighted by atomic mass is 32.1. The fourth-order valence-electron chi connectivity index (χ4n) is 9.91. The summed E-state index contributed by atoms with van der Waals surface area (Å²) in [5.74, 6) is 0. The van der Waals surface area contributed by atoms with Crippen LogP contribution in [0.2, 0.25) is 0 Å². The quantitative estimate of drug-likeness (QED) is 0.0339. The van der Waals surface area contributed by atoms with Gasteiger partial charge in [-0.15, -0.1) is 0 Å². The molecule has 0 aliphatic carbocycles. The molecule has 74 heavy (non-hydrogen) atoms. The van der Waals surface area contributed by atoms with Crippen molar-refractivity contribution < 1.29 is 18.9 Å². The minimum absolute atomic E-state index is 0. The maximum atomic E-state index is 6.50. The van der Waals surface area contributed by atoms with Crippen molar-refractivity contribution in [2.75, 3.05) is 26.4 Å². The van der Waals surface area contributed by atoms with E-state index >= 15 is 0 Å². The Labute approximate surface area is 488 Å². The van der Waals surface area contributed by atoms with Crippen LogP contribution in [0.5, 0.6) is 0 Å². The Morgan fingerprint density at radius 1 is 0.216 bits per heavy atom. The summed E-state index contributed by atoms with van der Waals surface area (Å²) < 4.78 is 26.0. The lowest BCUT2D eigenvalue weighted by Crippen LogP contribution is -2.43. The first kappa shape index (κ1) is 76.1. The first-order chi connectivity index (χ1) is 35.8. The summed E-state index contributed by atoms with van der Waals surface area (Å²) in [7, 11) is 0. The van der Waals surface area contributed by atoms with Crippen molar-refractivity contribution in [3.05, 3.63) is 0 Å². The second kappa shape index (κ2) is 62.2. The largest absolute Gasteiger partial charge is 0.486 e. The molecule has 0 aromatic rings. The van der Waals surface area contributed by atoms with Gasteiger partial charge in [0.2, 0.25) is 0 Å². The molecule has 0 saturated heterocycles. The van der Waals surface area contributed by atoms with Gasteiger partial charge in [0, 0.05) is 25.7 Å². The zero-order chi connectivity index (χ0) is 53.2. The topological polar surface area (TPSA) is 36.9 Å². The average molecular weight is 1130 g/mol. The smallest absolute Gasteiger partial charge is 0.159 e. The zero-order valence-electron chi connectivity index (χ0n) is 50.1. The summed E-state index contributed by atoms with van der Waals surface area (Å²) in [6.45, 7) is 10.5. The Morgan fingerprint density at radius 3 is 0.473 bits per heavy atom. The molecule has 0 saturated carbocycles. The van der Waals surface area contributed by atoms with Crippen LogP contribution in [0.3, 0.4) is 0 Å². The molecule has 9 heteroatoms. The Bertz CT molecular complexity index is 1020. The molecule has 1 atom stereocenters. The molecular weight excluding hydrogens is 1000 g/mol. The van der Waals surface area contributed by atoms with Gasteiger partial charge < -0.3 is 18.9 Å². The lowest BCUT2D eigenvalue weighted by Gasteiger charge is -2.33. The van der Waals surface area contributed by atoms with E-state index in [2.05, 4.69) is 27.7 Å². The van der Waals surface area contributed by atoms with E-state index in [-0.39, 0.29) is 9.90 Å². The Balaban J connectivity index is 0. The maximum absolute atomic E-state index is 6.50. The molecule has 0 bridgehead atoms. The number of hydrogen-bond acceptors (Lipinski definition) is 8. The molecule has 0 aliphatic rings. The number of hydrogen-bond donors (Lipinski definition) is 0. The van der Waals surface area contributed by atoms with Gasteiger partial charge in [-0.25, -0.2) is 0 Å². The highest BCUT2D eigenvalue weighted by molar-refractivity contribution is 7.80. The molecule has 0 N–H and O–H groups in total. The molecule has 0 aromatic carbocycles. The van der Waals surface area contributed by atoms with Gasteiger partial charge in [-0.3, -0.25) is 0 Å². The van der Waals surface area contributed by atoms with Crippen LogP contribution in [0.15, 0.2) is 0 Å². The number of rotatable bonds is 60. The third-order valence-corrected chi connectivity index (χ3v) is 16.4. The van der Waals surface area contributed by atoms with Gasteiger partial charge in [0.1, 0.15) is 31.8 Å². The molecule has 440 valence electrons. The van der Waals surface area contributed by atoms with Crippen LogP contribution in [0.1, 0.15) is 362 Å². The molecule has 0 fully saturated rings. The van der Waals surface area contributed by atoms with Crippen LogP contribution in [0.25, 0.3) is 0 Å². The predicted octanol–water partition coefficient (Wildman–Crippen LogP) is 23.8. The molecule has 0 heterocycles. The first-order valence-corrected chi connectivity index (χ1v) is 34.1. The van der Waals surface area contributed by atoms with Crippen molar-refractivity contribution in [1.29, 1.82) is 0 Å². The fraction of sp³-hybridized carbons (Fsp3) is 0.938. The maximum Gasteiger partial charge on any atom is 0.159 e. The van der Waals surface area contributed by atoms with Gasteiger partial charge in [0.05, 0.1) is 0 Å². The van der Waals surface area contributed by atoms with Crippen molar-refractivity contribution in [3.63, 3.8) is 0 Å². The van der Waals surface area contributed by atoms with Crippen LogP contribution >= 0.6 is 58.8 Å². The third kappa shape index (κ3) is 56.7. The van der Waals surface area contributed by atoms with Crippen LogP contribution < -0.4 is 0 Å². The van der Waals surface area contributed by atoms with Crippen molar-refractivity contribution in [2.24, 2.45) is 5.41 Å². The first-order valence-electron chi connectivity index (χ1n) is 32.4. The summed E-state index contributed by atoms with van der Waals surface area (Å²) >= 11 is 23.6. The van der Waals surface area contributed by atoms with Gasteiger partial charge in [-0.1, -0.05) is 310 Å². The van der Waals surface area contributed by atoms with Gasteiger partial charge >= 0.3 is 0 Å². The zero-order valence-corrected chi connectivity index (χ0v) is 54.8. The van der Waals surface area contributed by atoms with E-state index in [0.29, 0.717) is 46.6 Å². The molecule has 0 aromatic heterocycles. The van der Waals surface area contributed by atoms with E-state index in [9.17, 15) is 0 Å². The van der Waals surface area contributed by atoms with E-state index in [1.54, 1.807) is 0 Å². The van der Waals surface area contributed by atoms with E-state index in [4.69, 9.17) is 67.8 Å². The summed E-state index contributed by atoms with van der Waals surface area (Å²) in [6, 6.07) is 0. The predicted molar refractivity (Wildman–Crippen MR) is 351 cm³/mol. The van der Waals surface area contributed by atoms with Crippen molar-refractivity contribution in [1.82, 2.24) is 0 Å². The van der Waals surface area contributed by atoms with Crippen molar-refractivity contribution in [2.45, 2.75) is 362 Å². The SMILES string of the molecule is CCCCCCCCCCCCCCC(=S)OCC(COC(=S)CCCCCCCCCCCCCC)(COC(=S)CCCCCCCCCCCCCC)COC(=S)CCCCCCCCCCCCCC.P. The number of ether oxygens (including phenoxy) is 4. The Hall–Kier alpha value is -0.0100. The number of unbranched alkanes of at least 4 members (excludes halogenated alkanes) is 44. The normalized spacial score (nSPS) is 11.4. The molecular formula is C65H127O4PS4. The summed E-state index contributed by atoms with van der Waals surface area (Å²) in [6.07, 6.45) is 66.5. The molecule has 0 amide bonds. The van der Waals surface area contributed by atoms with Gasteiger partial charge in [-0.2, -0.15) is 9.90 Å². The molecule has 0 aliphatic heterocycles. The van der Waals surface area contributed by atoms with Crippen LogP contribution in [0.4, 0.5) is 0 Å². The van der Waals surface area contributed by atoms with Crippen LogP contribution in [-0.4, -0.2) is 46.6 Å². The molecule has 0 radical (unpaired) electrons. The Morgan fingerprint density at radius 2 is 0.338 bits per heavy atom. The highest BCUT2D eigenvalue weighted by Crippen LogP contribution is 2.25. The van der Waals surface area contributed by atoms with Gasteiger partial charge in [-0.05, 0) is 74.6 Å². The third-order valence-electron chi connectivity index (χ3n) is 15.1. The molecule has 0 spiro atoms. The fourth-order valence-corrected chi connectivity index (χ4v) is 10.7. The number of thiocarbonyl (C=S) groups is 4. The summed E-state index contributed by atoms with van der Waals surface area (Å²) in [5.41, 5.74) is -0.664. The Kier molecular flexibility index (Phi) is 63.9. The average Bonchev–Trinajstić information content (AvgIpc) is 3.39. The highest BCUT2D eigenvalue weighted by Gasteiger charge is 2.36. The molecule has 4 nitrogen and oxygen atoms in total.